The number of carbonyl (C=O) groups excluding carboxylic acids is 1. The van der Waals surface area contributed by atoms with Gasteiger partial charge in [0.05, 0.1) is 0 Å². The van der Waals surface area contributed by atoms with Crippen molar-refractivity contribution in [2.24, 2.45) is 5.73 Å². The van der Waals surface area contributed by atoms with Crippen molar-refractivity contribution in [2.45, 2.75) is 51.6 Å². The Morgan fingerprint density at radius 3 is 2.38 bits per heavy atom. The molecule has 126 valence electrons. The van der Waals surface area contributed by atoms with E-state index in [2.05, 4.69) is 23.6 Å². The highest BCUT2D eigenvalue weighted by Gasteiger charge is 2.09. The van der Waals surface area contributed by atoms with Crippen molar-refractivity contribution in [1.82, 2.24) is 4.57 Å². The molecule has 1 aromatic heterocycles. The van der Waals surface area contributed by atoms with E-state index in [0.717, 1.165) is 23.8 Å². The third kappa shape index (κ3) is 3.36. The van der Waals surface area contributed by atoms with Gasteiger partial charge in [0.1, 0.15) is 6.29 Å². The largest absolute Gasteiger partial charge is 0.341 e. The van der Waals surface area contributed by atoms with Gasteiger partial charge in [-0.25, -0.2) is 0 Å². The highest BCUT2D eigenvalue weighted by Crippen LogP contribution is 2.29. The summed E-state index contributed by atoms with van der Waals surface area (Å²) < 4.78 is 2.28. The van der Waals surface area contributed by atoms with Crippen LogP contribution in [0.5, 0.6) is 0 Å². The number of aryl methyl sites for hydroxylation is 1. The molecule has 1 aliphatic rings. The van der Waals surface area contributed by atoms with Gasteiger partial charge in [-0.05, 0) is 44.0 Å². The third-order valence-electron chi connectivity index (χ3n) is 4.90. The zero-order chi connectivity index (χ0) is 16.9. The monoisotopic (exact) mass is 322 g/mol. The molecule has 0 bridgehead atoms. The van der Waals surface area contributed by atoms with Crippen LogP contribution in [0.1, 0.15) is 49.4 Å². The number of aromatic nitrogens is 1. The summed E-state index contributed by atoms with van der Waals surface area (Å²) >= 11 is 0. The van der Waals surface area contributed by atoms with Crippen molar-refractivity contribution in [3.8, 4) is 0 Å². The minimum Gasteiger partial charge on any atom is -0.341 e. The lowest BCUT2D eigenvalue weighted by molar-refractivity contribution is 0.112. The molecule has 0 aliphatic heterocycles. The van der Waals surface area contributed by atoms with E-state index in [1.807, 2.05) is 30.3 Å². The average molecular weight is 322 g/mol. The molecule has 1 heterocycles. The Labute approximate surface area is 143 Å². The molecule has 2 N–H and O–H groups in total. The Bertz CT molecular complexity index is 828. The molecule has 3 aromatic rings. The molecule has 24 heavy (non-hydrogen) atoms. The van der Waals surface area contributed by atoms with Gasteiger partial charge in [-0.15, -0.1) is 0 Å². The molecule has 3 nitrogen and oxygen atoms in total. The summed E-state index contributed by atoms with van der Waals surface area (Å²) in [5.41, 5.74) is 8.79. The first-order valence-corrected chi connectivity index (χ1v) is 8.96. The number of aldehydes is 1. The van der Waals surface area contributed by atoms with Gasteiger partial charge in [0.2, 0.25) is 0 Å². The minimum absolute atomic E-state index is 0.536. The first-order valence-electron chi connectivity index (χ1n) is 8.96. The Morgan fingerprint density at radius 1 is 1.04 bits per heavy atom. The lowest BCUT2D eigenvalue weighted by Crippen LogP contribution is -2.22. The Kier molecular flexibility index (Phi) is 5.31. The molecular weight excluding hydrogens is 296 g/mol. The van der Waals surface area contributed by atoms with Crippen LogP contribution in [0, 0.1) is 0 Å². The highest BCUT2D eigenvalue weighted by molar-refractivity contribution is 6.09. The van der Waals surface area contributed by atoms with Crippen LogP contribution >= 0.6 is 0 Å². The number of nitrogens with zero attached hydrogens (tertiary/aromatic N) is 1. The number of hydrogen-bond donors (Lipinski definition) is 1. The fourth-order valence-electron chi connectivity index (χ4n) is 3.62. The van der Waals surface area contributed by atoms with Gasteiger partial charge >= 0.3 is 0 Å². The van der Waals surface area contributed by atoms with Gasteiger partial charge in [-0.1, -0.05) is 37.5 Å². The molecule has 0 spiro atoms. The normalized spacial score (nSPS) is 15.2. The van der Waals surface area contributed by atoms with Gasteiger partial charge < -0.3 is 10.3 Å². The quantitative estimate of drug-likeness (QED) is 0.682. The van der Waals surface area contributed by atoms with Crippen molar-refractivity contribution < 1.29 is 4.79 Å². The second-order valence-corrected chi connectivity index (χ2v) is 6.55. The van der Waals surface area contributed by atoms with Crippen molar-refractivity contribution in [2.75, 3.05) is 0 Å². The summed E-state index contributed by atoms with van der Waals surface area (Å²) in [5.74, 6) is 0. The molecule has 1 fully saturated rings. The maximum atomic E-state index is 10.9. The molecule has 0 atom stereocenters. The number of benzene rings is 2. The van der Waals surface area contributed by atoms with E-state index in [9.17, 15) is 4.79 Å². The predicted molar refractivity (Wildman–Crippen MR) is 102 cm³/mol. The van der Waals surface area contributed by atoms with E-state index in [1.165, 1.54) is 48.5 Å². The maximum Gasteiger partial charge on any atom is 0.150 e. The van der Waals surface area contributed by atoms with Crippen LogP contribution in [0.2, 0.25) is 0 Å². The van der Waals surface area contributed by atoms with Crippen LogP contribution in [-0.2, 0) is 6.54 Å². The van der Waals surface area contributed by atoms with E-state index >= 15 is 0 Å². The van der Waals surface area contributed by atoms with Crippen molar-refractivity contribution in [3.63, 3.8) is 0 Å². The average Bonchev–Trinajstić information content (AvgIpc) is 2.96. The number of rotatable bonds is 2. The van der Waals surface area contributed by atoms with Crippen LogP contribution in [0.4, 0.5) is 0 Å². The van der Waals surface area contributed by atoms with E-state index in [1.54, 1.807) is 0 Å². The summed E-state index contributed by atoms with van der Waals surface area (Å²) in [5, 5.41) is 2.38. The maximum absolute atomic E-state index is 10.9. The first kappa shape index (κ1) is 16.7. The van der Waals surface area contributed by atoms with Crippen LogP contribution in [0.3, 0.4) is 0 Å². The van der Waals surface area contributed by atoms with Crippen LogP contribution < -0.4 is 5.73 Å². The zero-order valence-electron chi connectivity index (χ0n) is 14.4. The molecule has 0 unspecified atom stereocenters. The van der Waals surface area contributed by atoms with Crippen LogP contribution in [0.25, 0.3) is 21.8 Å². The zero-order valence-corrected chi connectivity index (χ0v) is 14.4. The second-order valence-electron chi connectivity index (χ2n) is 6.55. The second kappa shape index (κ2) is 7.63. The number of fused-ring (bicyclic) bond motifs is 3. The van der Waals surface area contributed by atoms with Gasteiger partial charge in [0, 0.05) is 40.0 Å². The van der Waals surface area contributed by atoms with Gasteiger partial charge in [-0.2, -0.15) is 0 Å². The smallest absolute Gasteiger partial charge is 0.150 e. The summed E-state index contributed by atoms with van der Waals surface area (Å²) in [6.45, 7) is 3.07. The molecule has 1 aliphatic carbocycles. The summed E-state index contributed by atoms with van der Waals surface area (Å²) in [6, 6.07) is 14.7. The van der Waals surface area contributed by atoms with Crippen LogP contribution in [0.15, 0.2) is 42.5 Å². The number of hydrogen-bond acceptors (Lipinski definition) is 2. The highest BCUT2D eigenvalue weighted by atomic mass is 16.1. The third-order valence-corrected chi connectivity index (χ3v) is 4.90. The molecule has 1 saturated carbocycles. The summed E-state index contributed by atoms with van der Waals surface area (Å²) in [7, 11) is 0. The molecule has 4 rings (SSSR count). The minimum atomic E-state index is 0.536. The van der Waals surface area contributed by atoms with Crippen LogP contribution in [-0.4, -0.2) is 16.9 Å². The predicted octanol–water partition coefficient (Wildman–Crippen LogP) is 4.90. The molecule has 2 aromatic carbocycles. The molecule has 0 saturated heterocycles. The van der Waals surface area contributed by atoms with Crippen molar-refractivity contribution in [1.29, 1.82) is 0 Å². The standard InChI is InChI=1S/C15H13NO.C6H13N/c1-2-16-14-6-4-3-5-12(14)13-9-11(10-17)7-8-15(13)16;7-6-4-2-1-3-5-6/h3-10H,2H2,1H3;6H,1-5,7H2. The number of nitrogens with two attached hydrogens (primary N) is 1. The molecule has 0 radical (unpaired) electrons. The topological polar surface area (TPSA) is 48.0 Å². The number of para-hydroxylation sites is 1. The molecule has 3 heteroatoms. The van der Waals surface area contributed by atoms with E-state index in [4.69, 9.17) is 5.73 Å². The van der Waals surface area contributed by atoms with Gasteiger partial charge in [0.25, 0.3) is 0 Å². The molecular formula is C21H26N2O. The Morgan fingerprint density at radius 2 is 1.75 bits per heavy atom. The van der Waals surface area contributed by atoms with E-state index in [0.29, 0.717) is 6.04 Å². The first-order chi connectivity index (χ1) is 11.7. The summed E-state index contributed by atoms with van der Waals surface area (Å²) in [6.07, 6.45) is 7.56. The van der Waals surface area contributed by atoms with Crippen molar-refractivity contribution in [3.05, 3.63) is 48.0 Å². The lowest BCUT2D eigenvalue weighted by Gasteiger charge is -2.15. The van der Waals surface area contributed by atoms with Gasteiger partial charge in [0.15, 0.2) is 0 Å². The SMILES string of the molecule is CCn1c2ccccc2c2cc(C=O)ccc21.NC1CCCCC1. The van der Waals surface area contributed by atoms with Gasteiger partial charge in [-0.3, -0.25) is 4.79 Å². The fraction of sp³-hybridized carbons (Fsp3) is 0.381. The fourth-order valence-corrected chi connectivity index (χ4v) is 3.62. The van der Waals surface area contributed by atoms with Crippen molar-refractivity contribution >= 4 is 28.1 Å². The Hall–Kier alpha value is -2.13. The lowest BCUT2D eigenvalue weighted by atomic mass is 9.97. The number of carbonyl (C=O) groups is 1. The van der Waals surface area contributed by atoms with E-state index in [-0.39, 0.29) is 0 Å². The molecule has 0 amide bonds. The Balaban J connectivity index is 0.000000203. The summed E-state index contributed by atoms with van der Waals surface area (Å²) in [4.78, 5) is 10.9. The van der Waals surface area contributed by atoms with E-state index < -0.39 is 0 Å².